The van der Waals surface area contributed by atoms with Gasteiger partial charge in [0, 0.05) is 24.0 Å². The van der Waals surface area contributed by atoms with E-state index in [1.807, 2.05) is 12.1 Å². The second-order valence-electron chi connectivity index (χ2n) is 4.10. The molecule has 1 atom stereocenters. The van der Waals surface area contributed by atoms with Crippen molar-refractivity contribution in [2.45, 2.75) is 26.2 Å². The molecular formula is C10H14O3PZn+. The second kappa shape index (κ2) is 5.70. The first-order valence-electron chi connectivity index (χ1n) is 4.34. The minimum atomic E-state index is -2.56. The van der Waals surface area contributed by atoms with Gasteiger partial charge in [-0.3, -0.25) is 0 Å². The first-order chi connectivity index (χ1) is 6.39. The molecule has 0 aliphatic carbocycles. The molecule has 1 aromatic carbocycles. The van der Waals surface area contributed by atoms with Crippen molar-refractivity contribution in [1.82, 2.24) is 0 Å². The van der Waals surface area contributed by atoms with Gasteiger partial charge in [0.1, 0.15) is 0 Å². The normalized spacial score (nSPS) is 11.6. The van der Waals surface area contributed by atoms with E-state index in [9.17, 15) is 4.57 Å². The van der Waals surface area contributed by atoms with E-state index in [-0.39, 0.29) is 24.9 Å². The zero-order chi connectivity index (χ0) is 10.8. The Labute approximate surface area is 104 Å². The summed E-state index contributed by atoms with van der Waals surface area (Å²) in [6, 6.07) is 7.19. The first kappa shape index (κ1) is 14.7. The van der Waals surface area contributed by atoms with Crippen LogP contribution in [0, 0.1) is 0 Å². The molecule has 1 unspecified atom stereocenters. The maximum atomic E-state index is 10.4. The SMILES string of the molecule is CC(C)(C)c1ccc(O[P+](=O)O)cc1.[Zn]. The topological polar surface area (TPSA) is 46.5 Å². The molecule has 0 aliphatic heterocycles. The maximum absolute atomic E-state index is 10.4. The van der Waals surface area contributed by atoms with Gasteiger partial charge in [0.15, 0.2) is 5.75 Å². The minimum Gasteiger partial charge on any atom is -0.229 e. The summed E-state index contributed by atoms with van der Waals surface area (Å²) < 4.78 is 15.0. The summed E-state index contributed by atoms with van der Waals surface area (Å²) in [6.45, 7) is 6.32. The Morgan fingerprint density at radius 1 is 1.20 bits per heavy atom. The Morgan fingerprint density at radius 2 is 1.67 bits per heavy atom. The Balaban J connectivity index is 0.00000196. The first-order valence-corrected chi connectivity index (χ1v) is 5.47. The Bertz CT molecular complexity index is 330. The van der Waals surface area contributed by atoms with E-state index in [1.54, 1.807) is 12.1 Å². The van der Waals surface area contributed by atoms with Crippen molar-refractivity contribution in [3.8, 4) is 5.75 Å². The van der Waals surface area contributed by atoms with Crippen molar-refractivity contribution in [3.63, 3.8) is 0 Å². The molecule has 0 aromatic heterocycles. The third-order valence-corrected chi connectivity index (χ3v) is 2.27. The van der Waals surface area contributed by atoms with E-state index in [1.165, 1.54) is 0 Å². The molecule has 0 saturated heterocycles. The molecule has 0 saturated carbocycles. The van der Waals surface area contributed by atoms with Crippen molar-refractivity contribution in [1.29, 1.82) is 0 Å². The molecule has 0 amide bonds. The second-order valence-corrected chi connectivity index (χ2v) is 4.76. The Morgan fingerprint density at radius 3 is 2.00 bits per heavy atom. The van der Waals surface area contributed by atoms with Gasteiger partial charge in [-0.1, -0.05) is 32.9 Å². The van der Waals surface area contributed by atoms with E-state index in [4.69, 9.17) is 4.89 Å². The van der Waals surface area contributed by atoms with Crippen LogP contribution in [-0.4, -0.2) is 4.89 Å². The molecule has 0 bridgehead atoms. The molecule has 78 valence electrons. The van der Waals surface area contributed by atoms with E-state index in [0.29, 0.717) is 5.75 Å². The average Bonchev–Trinajstić information content (AvgIpc) is 2.02. The monoisotopic (exact) mass is 277 g/mol. The Kier molecular flexibility index (Phi) is 5.58. The fourth-order valence-corrected chi connectivity index (χ4v) is 1.41. The van der Waals surface area contributed by atoms with Gasteiger partial charge in [0.25, 0.3) is 0 Å². The van der Waals surface area contributed by atoms with Crippen molar-refractivity contribution in [2.24, 2.45) is 0 Å². The van der Waals surface area contributed by atoms with E-state index in [2.05, 4.69) is 25.3 Å². The average molecular weight is 279 g/mol. The van der Waals surface area contributed by atoms with Gasteiger partial charge in [-0.05, 0) is 23.1 Å². The van der Waals surface area contributed by atoms with Crippen molar-refractivity contribution in [3.05, 3.63) is 29.8 Å². The minimum absolute atomic E-state index is 0. The fourth-order valence-electron chi connectivity index (χ4n) is 1.11. The number of hydrogen-bond donors (Lipinski definition) is 1. The summed E-state index contributed by atoms with van der Waals surface area (Å²) in [6.07, 6.45) is 0. The van der Waals surface area contributed by atoms with Crippen LogP contribution in [-0.2, 0) is 29.5 Å². The molecule has 5 heteroatoms. The standard InChI is InChI=1S/C10H13O3P.Zn/c1-10(2,3)8-4-6-9(7-5-8)13-14(11)12;/h4-7H,1-3H3;/p+1. The third kappa shape index (κ3) is 4.83. The summed E-state index contributed by atoms with van der Waals surface area (Å²) in [4.78, 5) is 8.52. The summed E-state index contributed by atoms with van der Waals surface area (Å²) >= 11 is 0. The van der Waals surface area contributed by atoms with Gasteiger partial charge in [-0.25, -0.2) is 4.52 Å². The number of rotatable bonds is 2. The van der Waals surface area contributed by atoms with Gasteiger partial charge in [-0.2, -0.15) is 0 Å². The van der Waals surface area contributed by atoms with Crippen LogP contribution in [0.2, 0.25) is 0 Å². The van der Waals surface area contributed by atoms with E-state index in [0.717, 1.165) is 5.56 Å². The van der Waals surface area contributed by atoms with Crippen LogP contribution in [0.1, 0.15) is 26.3 Å². The molecule has 0 heterocycles. The van der Waals surface area contributed by atoms with Crippen LogP contribution < -0.4 is 4.52 Å². The van der Waals surface area contributed by atoms with Gasteiger partial charge in [0.2, 0.25) is 0 Å². The van der Waals surface area contributed by atoms with Crippen LogP contribution in [0.25, 0.3) is 0 Å². The van der Waals surface area contributed by atoms with Crippen molar-refractivity contribution < 1.29 is 33.5 Å². The fraction of sp³-hybridized carbons (Fsp3) is 0.400. The smallest absolute Gasteiger partial charge is 0.229 e. The van der Waals surface area contributed by atoms with Crippen LogP contribution >= 0.6 is 8.25 Å². The van der Waals surface area contributed by atoms with Gasteiger partial charge in [-0.15, -0.1) is 4.89 Å². The zero-order valence-corrected chi connectivity index (χ0v) is 13.1. The molecule has 1 aromatic rings. The predicted octanol–water partition coefficient (Wildman–Crippen LogP) is 3.01. The summed E-state index contributed by atoms with van der Waals surface area (Å²) in [5, 5.41) is 0. The third-order valence-electron chi connectivity index (χ3n) is 1.90. The van der Waals surface area contributed by atoms with Crippen LogP contribution in [0.5, 0.6) is 5.75 Å². The van der Waals surface area contributed by atoms with Crippen LogP contribution in [0.15, 0.2) is 24.3 Å². The van der Waals surface area contributed by atoms with E-state index >= 15 is 0 Å². The predicted molar refractivity (Wildman–Crippen MR) is 55.6 cm³/mol. The molecule has 0 spiro atoms. The van der Waals surface area contributed by atoms with Crippen molar-refractivity contribution in [2.75, 3.05) is 0 Å². The maximum Gasteiger partial charge on any atom is 0.747 e. The summed E-state index contributed by atoms with van der Waals surface area (Å²) in [5.41, 5.74) is 1.25. The molecule has 3 nitrogen and oxygen atoms in total. The van der Waals surface area contributed by atoms with Crippen molar-refractivity contribution >= 4 is 8.25 Å². The molecule has 1 N–H and O–H groups in total. The molecule has 1 rings (SSSR count). The van der Waals surface area contributed by atoms with Crippen LogP contribution in [0.3, 0.4) is 0 Å². The number of benzene rings is 1. The molecule has 0 radical (unpaired) electrons. The number of hydrogen-bond acceptors (Lipinski definition) is 2. The molecule has 0 aliphatic rings. The quantitative estimate of drug-likeness (QED) is 0.668. The van der Waals surface area contributed by atoms with Crippen LogP contribution in [0.4, 0.5) is 0 Å². The largest absolute Gasteiger partial charge is 0.747 e. The molecule has 15 heavy (non-hydrogen) atoms. The van der Waals surface area contributed by atoms with E-state index < -0.39 is 8.25 Å². The Hall–Kier alpha value is -0.297. The van der Waals surface area contributed by atoms with Gasteiger partial charge >= 0.3 is 8.25 Å². The molecule has 0 fully saturated rings. The summed E-state index contributed by atoms with van der Waals surface area (Å²) in [7, 11) is -2.56. The zero-order valence-electron chi connectivity index (χ0n) is 9.23. The molecular weight excluding hydrogens is 264 g/mol. The van der Waals surface area contributed by atoms with Gasteiger partial charge in [0.05, 0.1) is 0 Å². The van der Waals surface area contributed by atoms with Gasteiger partial charge < -0.3 is 0 Å². The summed E-state index contributed by atoms with van der Waals surface area (Å²) in [5.74, 6) is 0.418.